The van der Waals surface area contributed by atoms with Crippen molar-refractivity contribution in [3.8, 4) is 0 Å². The maximum absolute atomic E-state index is 5.30. The lowest BCUT2D eigenvalue weighted by Crippen LogP contribution is -2.62. The van der Waals surface area contributed by atoms with E-state index >= 15 is 0 Å². The van der Waals surface area contributed by atoms with Crippen molar-refractivity contribution in [2.75, 3.05) is 0 Å². The van der Waals surface area contributed by atoms with E-state index in [1.165, 1.54) is 7.06 Å². The van der Waals surface area contributed by atoms with Crippen LogP contribution in [-0.4, -0.2) is 195 Å². The zero-order valence-corrected chi connectivity index (χ0v) is 15.6. The van der Waals surface area contributed by atoms with Gasteiger partial charge in [-0.3, -0.25) is 0 Å². The van der Waals surface area contributed by atoms with Gasteiger partial charge in [0, 0.05) is 195 Å². The van der Waals surface area contributed by atoms with E-state index in [0.717, 1.165) is 0 Å². The van der Waals surface area contributed by atoms with Gasteiger partial charge >= 0.3 is 0 Å². The molecule has 0 aliphatic carbocycles. The molecule has 0 bridgehead atoms. The summed E-state index contributed by atoms with van der Waals surface area (Å²) in [6.07, 6.45) is -5.69. The maximum atomic E-state index is 5.30. The summed E-state index contributed by atoms with van der Waals surface area (Å²) in [4.78, 5) is 0. The van der Waals surface area contributed by atoms with Crippen LogP contribution in [0.2, 0.25) is 0 Å². The SMILES string of the molecule is C.C.C.C.C.C.C.C.C.[B]B([B])B(B([B])[B])B([B])[B].[B]B([B])B([B])B([B])[B].[B][B]B(B([B])[B])B([B])[B]. The second-order valence-electron chi connectivity index (χ2n) is 5.97. The Labute approximate surface area is 260 Å². The highest BCUT2D eigenvalue weighted by Crippen LogP contribution is 1.86. The molecule has 0 heterocycles. The molecule has 36 heavy (non-hydrogen) atoms. The van der Waals surface area contributed by atoms with Gasteiger partial charge in [-0.2, -0.15) is 0 Å². The molecule has 0 aliphatic rings. The number of hydrogen-bond donors (Lipinski definition) is 0. The summed E-state index contributed by atoms with van der Waals surface area (Å²) in [5, 5.41) is 0. The standard InChI is InChI=1S/9CH4.B10.B9.B8/c;;;;;;;;;1-7(2)10(8(3)4)9(5)6;1-6-9(7(2)3)8(4)5;1-6(2)8(5)7(3)4/h9*1H4;;;. The lowest BCUT2D eigenvalue weighted by atomic mass is 8.58. The van der Waals surface area contributed by atoms with Gasteiger partial charge in [0.15, 0.2) is 0 Å². The predicted octanol–water partition coefficient (Wildman–Crippen LogP) is -4.56. The third kappa shape index (κ3) is 42.8. The lowest BCUT2D eigenvalue weighted by Gasteiger charge is -2.23. The Kier molecular flexibility index (Phi) is 93.5. The first-order chi connectivity index (χ1) is 12.1. The van der Waals surface area contributed by atoms with Crippen LogP contribution in [0.5, 0.6) is 0 Å². The van der Waals surface area contributed by atoms with Crippen LogP contribution in [0.1, 0.15) is 66.8 Å². The van der Waals surface area contributed by atoms with Crippen molar-refractivity contribution >= 4 is 195 Å². The third-order valence-electron chi connectivity index (χ3n) is 3.33. The minimum absolute atomic E-state index is 0. The monoisotopic (exact) mass is 442 g/mol. The molecule has 0 spiro atoms. The molecule has 0 N–H and O–H groups in total. The molecule has 153 valence electrons. The van der Waals surface area contributed by atoms with Gasteiger partial charge < -0.3 is 0 Å². The quantitative estimate of drug-likeness (QED) is 0.337. The smallest absolute Gasteiger partial charge is 0 e. The van der Waals surface area contributed by atoms with Crippen molar-refractivity contribution in [1.29, 1.82) is 0 Å². The van der Waals surface area contributed by atoms with Crippen molar-refractivity contribution in [3.05, 3.63) is 0 Å². The van der Waals surface area contributed by atoms with E-state index in [9.17, 15) is 0 Å². The Hall–Kier alpha value is 1.75. The Morgan fingerprint density at radius 1 is 0.306 bits per heavy atom. The summed E-state index contributed by atoms with van der Waals surface area (Å²) in [5.74, 6) is 0. The average molecular weight is 436 g/mol. The molecule has 0 amide bonds. The van der Waals surface area contributed by atoms with Crippen LogP contribution in [-0.2, 0) is 0 Å². The summed E-state index contributed by atoms with van der Waals surface area (Å²) >= 11 is 0. The van der Waals surface area contributed by atoms with E-state index in [-0.39, 0.29) is 73.2 Å². The molecule has 0 aromatic heterocycles. The summed E-state index contributed by atoms with van der Waals surface area (Å²) in [5.41, 5.74) is 0. The van der Waals surface area contributed by atoms with E-state index in [0.29, 0.717) is 0 Å². The summed E-state index contributed by atoms with van der Waals surface area (Å²) in [6, 6.07) is 0. The van der Waals surface area contributed by atoms with Gasteiger partial charge in [-0.05, 0) is 0 Å². The van der Waals surface area contributed by atoms with Crippen molar-refractivity contribution in [2.24, 2.45) is 0 Å². The molecule has 0 saturated carbocycles. The molecule has 0 aliphatic heterocycles. The fourth-order valence-corrected chi connectivity index (χ4v) is 1.54. The van der Waals surface area contributed by atoms with Crippen molar-refractivity contribution in [3.63, 3.8) is 0 Å². The zero-order valence-electron chi connectivity index (χ0n) is 15.6. The van der Waals surface area contributed by atoms with E-state index in [1.807, 2.05) is 0 Å². The molecular weight excluding hydrogens is 400 g/mol. The van der Waals surface area contributed by atoms with Gasteiger partial charge in [-0.15, -0.1) is 0 Å². The second-order valence-corrected chi connectivity index (χ2v) is 5.97. The van der Waals surface area contributed by atoms with Gasteiger partial charge in [-0.25, -0.2) is 0 Å². The maximum Gasteiger partial charge on any atom is 0 e. The molecule has 0 unspecified atom stereocenters. The van der Waals surface area contributed by atoms with Crippen LogP contribution < -0.4 is 0 Å². The minimum Gasteiger partial charge on any atom is -0.0776 e. The fourth-order valence-electron chi connectivity index (χ4n) is 1.54. The first kappa shape index (κ1) is 76.9. The predicted molar refractivity (Wildman–Crippen MR) is 216 cm³/mol. The topological polar surface area (TPSA) is 0 Å². The van der Waals surface area contributed by atoms with Crippen LogP contribution in [0.4, 0.5) is 0 Å². The average Bonchev–Trinajstić information content (AvgIpc) is 2.45. The van der Waals surface area contributed by atoms with Crippen LogP contribution in [0.25, 0.3) is 0 Å². The minimum atomic E-state index is -0.667. The molecule has 0 fully saturated rings. The van der Waals surface area contributed by atoms with Crippen LogP contribution >= 0.6 is 0 Å². The molecule has 0 nitrogen and oxygen atoms in total. The van der Waals surface area contributed by atoms with E-state index in [1.54, 1.807) is 0 Å². The van der Waals surface area contributed by atoms with Crippen LogP contribution in [0.3, 0.4) is 0 Å². The van der Waals surface area contributed by atoms with E-state index in [2.05, 4.69) is 0 Å². The van der Waals surface area contributed by atoms with Crippen LogP contribution in [0, 0.1) is 0 Å². The highest BCUT2D eigenvalue weighted by molar-refractivity contribution is 8.00. The molecule has 0 aromatic carbocycles. The molecule has 0 saturated heterocycles. The molecule has 0 aromatic rings. The number of rotatable bonds is 8. The van der Waals surface area contributed by atoms with Gasteiger partial charge in [-0.1, -0.05) is 66.8 Å². The van der Waals surface area contributed by atoms with Crippen molar-refractivity contribution in [1.82, 2.24) is 0 Å². The Balaban J connectivity index is -0.0000000214. The van der Waals surface area contributed by atoms with E-state index < -0.39 is 57.5 Å². The molecule has 33 radical (unpaired) electrons. The number of hydrogen-bond acceptors (Lipinski definition) is 0. The largest absolute Gasteiger partial charge is 0.0776 e. The van der Waals surface area contributed by atoms with Crippen molar-refractivity contribution < 1.29 is 0 Å². The lowest BCUT2D eigenvalue weighted by molar-refractivity contribution is 2.50. The third-order valence-corrected chi connectivity index (χ3v) is 3.33. The second kappa shape index (κ2) is 43.8. The molecular formula is C9H36B27. The van der Waals surface area contributed by atoms with Gasteiger partial charge in [0.05, 0.1) is 0 Å². The van der Waals surface area contributed by atoms with Gasteiger partial charge in [0.25, 0.3) is 0 Å². The first-order valence-corrected chi connectivity index (χ1v) is 8.00. The molecule has 0 atom stereocenters. The Morgan fingerprint density at radius 3 is 0.500 bits per heavy atom. The van der Waals surface area contributed by atoms with Crippen LogP contribution in [0.15, 0.2) is 0 Å². The molecule has 27 heteroatoms. The Morgan fingerprint density at radius 2 is 0.500 bits per heavy atom. The van der Waals surface area contributed by atoms with Gasteiger partial charge in [0.2, 0.25) is 0 Å². The molecule has 0 rings (SSSR count). The summed E-state index contributed by atoms with van der Waals surface area (Å²) < 4.78 is 0. The van der Waals surface area contributed by atoms with E-state index in [4.69, 9.17) is 124 Å². The zero-order chi connectivity index (χ0) is 22.5. The highest BCUT2D eigenvalue weighted by atomic mass is 13.1. The van der Waals surface area contributed by atoms with Crippen molar-refractivity contribution in [2.45, 2.75) is 66.8 Å². The summed E-state index contributed by atoms with van der Waals surface area (Å²) in [7, 11) is 85.0. The Bertz CT molecular complexity index is 287. The first-order valence-electron chi connectivity index (χ1n) is 8.00. The fraction of sp³-hybridized carbons (Fsp3) is 1.00. The van der Waals surface area contributed by atoms with Gasteiger partial charge in [0.1, 0.15) is 0 Å². The highest BCUT2D eigenvalue weighted by Gasteiger charge is 2.24. The summed E-state index contributed by atoms with van der Waals surface area (Å²) in [6.45, 7) is 0. The normalized spacial score (nSPS) is 6.11.